The van der Waals surface area contributed by atoms with Crippen LogP contribution < -0.4 is 14.5 Å². The van der Waals surface area contributed by atoms with Crippen LogP contribution in [0.15, 0.2) is 36.7 Å². The summed E-state index contributed by atoms with van der Waals surface area (Å²) in [4.78, 5) is 13.1. The monoisotopic (exact) mass is 295 g/mol. The molecule has 22 heavy (non-hydrogen) atoms. The predicted octanol–water partition coefficient (Wildman–Crippen LogP) is 1.68. The molecule has 0 amide bonds. The van der Waals surface area contributed by atoms with Crippen LogP contribution in [0, 0.1) is 11.3 Å². The SMILES string of the molecule is COc1ccnc(N2CCN(c3ncccc3C#N)CC2)c1. The van der Waals surface area contributed by atoms with Crippen LogP contribution in [0.3, 0.4) is 0 Å². The van der Waals surface area contributed by atoms with Crippen molar-refractivity contribution in [3.63, 3.8) is 0 Å². The quantitative estimate of drug-likeness (QED) is 0.858. The third-order valence-electron chi connectivity index (χ3n) is 3.76. The van der Waals surface area contributed by atoms with Gasteiger partial charge in [0.25, 0.3) is 0 Å². The second-order valence-electron chi connectivity index (χ2n) is 5.01. The van der Waals surface area contributed by atoms with E-state index in [1.165, 1.54) is 0 Å². The highest BCUT2D eigenvalue weighted by Crippen LogP contribution is 2.22. The van der Waals surface area contributed by atoms with E-state index in [1.807, 2.05) is 12.1 Å². The van der Waals surface area contributed by atoms with Crippen molar-refractivity contribution < 1.29 is 4.74 Å². The van der Waals surface area contributed by atoms with E-state index >= 15 is 0 Å². The highest BCUT2D eigenvalue weighted by Gasteiger charge is 2.21. The molecule has 0 radical (unpaired) electrons. The van der Waals surface area contributed by atoms with Gasteiger partial charge in [-0.15, -0.1) is 0 Å². The van der Waals surface area contributed by atoms with E-state index in [-0.39, 0.29) is 0 Å². The second kappa shape index (κ2) is 6.31. The number of ether oxygens (including phenoxy) is 1. The van der Waals surface area contributed by atoms with Gasteiger partial charge in [-0.1, -0.05) is 0 Å². The summed E-state index contributed by atoms with van der Waals surface area (Å²) in [5, 5.41) is 9.19. The lowest BCUT2D eigenvalue weighted by Crippen LogP contribution is -2.47. The summed E-state index contributed by atoms with van der Waals surface area (Å²) in [6, 6.07) is 9.58. The van der Waals surface area contributed by atoms with Gasteiger partial charge in [0, 0.05) is 44.6 Å². The molecule has 0 atom stereocenters. The normalized spacial score (nSPS) is 14.5. The summed E-state index contributed by atoms with van der Waals surface area (Å²) in [7, 11) is 1.65. The minimum absolute atomic E-state index is 0.621. The Labute approximate surface area is 129 Å². The molecule has 0 aliphatic carbocycles. The lowest BCUT2D eigenvalue weighted by Gasteiger charge is -2.36. The summed E-state index contributed by atoms with van der Waals surface area (Å²) >= 11 is 0. The maximum Gasteiger partial charge on any atom is 0.146 e. The highest BCUT2D eigenvalue weighted by atomic mass is 16.5. The van der Waals surface area contributed by atoms with Crippen molar-refractivity contribution in [1.29, 1.82) is 5.26 Å². The van der Waals surface area contributed by atoms with E-state index in [4.69, 9.17) is 4.74 Å². The first kappa shape index (κ1) is 14.1. The van der Waals surface area contributed by atoms with Crippen LogP contribution in [-0.2, 0) is 0 Å². The number of methoxy groups -OCH3 is 1. The van der Waals surface area contributed by atoms with E-state index in [0.29, 0.717) is 5.56 Å². The molecule has 1 aliphatic heterocycles. The van der Waals surface area contributed by atoms with Crippen LogP contribution in [0.4, 0.5) is 11.6 Å². The van der Waals surface area contributed by atoms with Crippen LogP contribution in [0.1, 0.15) is 5.56 Å². The Balaban J connectivity index is 1.71. The van der Waals surface area contributed by atoms with Crippen molar-refractivity contribution in [1.82, 2.24) is 9.97 Å². The molecule has 1 saturated heterocycles. The molecule has 1 fully saturated rings. The van der Waals surface area contributed by atoms with Crippen LogP contribution in [0.25, 0.3) is 0 Å². The minimum Gasteiger partial charge on any atom is -0.497 e. The lowest BCUT2D eigenvalue weighted by atomic mass is 10.2. The Kier molecular flexibility index (Phi) is 4.05. The topological polar surface area (TPSA) is 65.3 Å². The molecule has 0 unspecified atom stereocenters. The highest BCUT2D eigenvalue weighted by molar-refractivity contribution is 5.55. The fourth-order valence-corrected chi connectivity index (χ4v) is 2.58. The van der Waals surface area contributed by atoms with Crippen molar-refractivity contribution in [3.05, 3.63) is 42.2 Å². The largest absolute Gasteiger partial charge is 0.497 e. The standard InChI is InChI=1S/C16H17N5O/c1-22-14-4-6-18-15(11-14)20-7-9-21(10-8-20)16-13(12-17)3-2-5-19-16/h2-6,11H,7-10H2,1H3. The number of anilines is 2. The Bertz CT molecular complexity index is 689. The number of piperazine rings is 1. The van der Waals surface area contributed by atoms with E-state index in [9.17, 15) is 5.26 Å². The van der Waals surface area contributed by atoms with Gasteiger partial charge in [0.2, 0.25) is 0 Å². The van der Waals surface area contributed by atoms with E-state index in [1.54, 1.807) is 31.6 Å². The number of hydrogen-bond donors (Lipinski definition) is 0. The molecule has 0 spiro atoms. The predicted molar refractivity (Wildman–Crippen MR) is 84.2 cm³/mol. The summed E-state index contributed by atoms with van der Waals surface area (Å²) < 4.78 is 5.24. The molecule has 2 aromatic rings. The lowest BCUT2D eigenvalue weighted by molar-refractivity contribution is 0.414. The van der Waals surface area contributed by atoms with Gasteiger partial charge in [-0.05, 0) is 18.2 Å². The zero-order valence-corrected chi connectivity index (χ0v) is 12.4. The van der Waals surface area contributed by atoms with Gasteiger partial charge in [0.05, 0.1) is 12.7 Å². The Hall–Kier alpha value is -2.81. The molecule has 6 heteroatoms. The van der Waals surface area contributed by atoms with Crippen LogP contribution in [0.5, 0.6) is 5.75 Å². The molecule has 3 rings (SSSR count). The molecule has 0 N–H and O–H groups in total. The first-order chi connectivity index (χ1) is 10.8. The van der Waals surface area contributed by atoms with Crippen LogP contribution in [-0.4, -0.2) is 43.3 Å². The molecule has 6 nitrogen and oxygen atoms in total. The molecule has 0 aromatic carbocycles. The Morgan fingerprint density at radius 1 is 1.09 bits per heavy atom. The van der Waals surface area contributed by atoms with Crippen molar-refractivity contribution in [2.75, 3.05) is 43.1 Å². The van der Waals surface area contributed by atoms with Gasteiger partial charge < -0.3 is 14.5 Å². The van der Waals surface area contributed by atoms with Gasteiger partial charge >= 0.3 is 0 Å². The van der Waals surface area contributed by atoms with Gasteiger partial charge in [0.1, 0.15) is 23.5 Å². The van der Waals surface area contributed by atoms with Crippen molar-refractivity contribution in [3.8, 4) is 11.8 Å². The maximum absolute atomic E-state index is 9.19. The number of aromatic nitrogens is 2. The van der Waals surface area contributed by atoms with Crippen molar-refractivity contribution in [2.45, 2.75) is 0 Å². The fraction of sp³-hybridized carbons (Fsp3) is 0.312. The molecule has 1 aliphatic rings. The first-order valence-corrected chi connectivity index (χ1v) is 7.17. The van der Waals surface area contributed by atoms with Gasteiger partial charge in [-0.3, -0.25) is 0 Å². The molecule has 0 saturated carbocycles. The van der Waals surface area contributed by atoms with Crippen molar-refractivity contribution >= 4 is 11.6 Å². The number of pyridine rings is 2. The molecular formula is C16H17N5O. The van der Waals surface area contributed by atoms with Crippen molar-refractivity contribution in [2.24, 2.45) is 0 Å². The Morgan fingerprint density at radius 3 is 2.59 bits per heavy atom. The fourth-order valence-electron chi connectivity index (χ4n) is 2.58. The third kappa shape index (κ3) is 2.79. The maximum atomic E-state index is 9.19. The summed E-state index contributed by atoms with van der Waals surface area (Å²) in [5.41, 5.74) is 0.621. The van der Waals surface area contributed by atoms with Crippen LogP contribution >= 0.6 is 0 Å². The Morgan fingerprint density at radius 2 is 1.86 bits per heavy atom. The number of nitriles is 1. The zero-order valence-electron chi connectivity index (χ0n) is 12.4. The molecule has 3 heterocycles. The first-order valence-electron chi connectivity index (χ1n) is 7.17. The minimum atomic E-state index is 0.621. The molecular weight excluding hydrogens is 278 g/mol. The zero-order chi connectivity index (χ0) is 15.4. The third-order valence-corrected chi connectivity index (χ3v) is 3.76. The smallest absolute Gasteiger partial charge is 0.146 e. The summed E-state index contributed by atoms with van der Waals surface area (Å²) in [6.07, 6.45) is 3.49. The number of rotatable bonds is 3. The van der Waals surface area contributed by atoms with E-state index in [2.05, 4.69) is 25.8 Å². The van der Waals surface area contributed by atoms with E-state index < -0.39 is 0 Å². The molecule has 0 bridgehead atoms. The van der Waals surface area contributed by atoms with Crippen LogP contribution in [0.2, 0.25) is 0 Å². The van der Waals surface area contributed by atoms with E-state index in [0.717, 1.165) is 43.6 Å². The number of hydrogen-bond acceptors (Lipinski definition) is 6. The van der Waals surface area contributed by atoms with Gasteiger partial charge in [-0.2, -0.15) is 5.26 Å². The second-order valence-corrected chi connectivity index (χ2v) is 5.01. The van der Waals surface area contributed by atoms with Gasteiger partial charge in [-0.25, -0.2) is 9.97 Å². The molecule has 2 aromatic heterocycles. The summed E-state index contributed by atoms with van der Waals surface area (Å²) in [6.45, 7) is 3.29. The molecule has 112 valence electrons. The van der Waals surface area contributed by atoms with Gasteiger partial charge in [0.15, 0.2) is 0 Å². The summed E-state index contributed by atoms with van der Waals surface area (Å²) in [5.74, 6) is 2.49. The average molecular weight is 295 g/mol. The number of nitrogens with zero attached hydrogens (tertiary/aromatic N) is 5. The average Bonchev–Trinajstić information content (AvgIpc) is 2.62.